The second-order valence-corrected chi connectivity index (χ2v) is 9.11. The minimum absolute atomic E-state index is 0.0656. The number of pyridine rings is 1. The highest BCUT2D eigenvalue weighted by Crippen LogP contribution is 2.34. The number of fused-ring (bicyclic) bond motifs is 1. The minimum Gasteiger partial charge on any atom is -0.326 e. The Balaban J connectivity index is 1.64. The van der Waals surface area contributed by atoms with Crippen molar-refractivity contribution in [2.45, 2.75) is 6.04 Å². The number of benzene rings is 4. The van der Waals surface area contributed by atoms with E-state index < -0.39 is 0 Å². The maximum atomic E-state index is 13.4. The Bertz CT molecular complexity index is 1690. The molecule has 0 saturated heterocycles. The van der Waals surface area contributed by atoms with Gasteiger partial charge in [0.25, 0.3) is 5.56 Å². The van der Waals surface area contributed by atoms with Crippen molar-refractivity contribution in [2.24, 2.45) is 0 Å². The number of halogens is 1. The SMILES string of the molecule is O=c1cc(-c2ccccc2)c2cc(C(c3ccc(Cl)cc3)n3ccnc3)ccc2n1-c1ccccc1. The van der Waals surface area contributed by atoms with Gasteiger partial charge in [-0.2, -0.15) is 0 Å². The van der Waals surface area contributed by atoms with E-state index in [4.69, 9.17) is 11.6 Å². The molecule has 0 saturated carbocycles. The van der Waals surface area contributed by atoms with Crippen LogP contribution in [0.15, 0.2) is 133 Å². The molecule has 5 heteroatoms. The van der Waals surface area contributed by atoms with Crippen LogP contribution in [0.3, 0.4) is 0 Å². The average Bonchev–Trinajstić information content (AvgIpc) is 3.45. The summed E-state index contributed by atoms with van der Waals surface area (Å²) >= 11 is 6.19. The first-order valence-corrected chi connectivity index (χ1v) is 12.1. The van der Waals surface area contributed by atoms with Gasteiger partial charge in [0.15, 0.2) is 0 Å². The van der Waals surface area contributed by atoms with Gasteiger partial charge in [-0.15, -0.1) is 0 Å². The quantitative estimate of drug-likeness (QED) is 0.259. The Morgan fingerprint density at radius 1 is 0.750 bits per heavy atom. The Labute approximate surface area is 213 Å². The van der Waals surface area contributed by atoms with Gasteiger partial charge in [0.1, 0.15) is 0 Å². The van der Waals surface area contributed by atoms with E-state index in [1.165, 1.54) is 0 Å². The fourth-order valence-electron chi connectivity index (χ4n) is 4.82. The molecule has 4 nitrogen and oxygen atoms in total. The predicted molar refractivity (Wildman–Crippen MR) is 146 cm³/mol. The number of imidazole rings is 1. The first kappa shape index (κ1) is 22.1. The summed E-state index contributed by atoms with van der Waals surface area (Å²) < 4.78 is 3.86. The molecule has 0 radical (unpaired) electrons. The van der Waals surface area contributed by atoms with Crippen LogP contribution in [-0.4, -0.2) is 14.1 Å². The highest BCUT2D eigenvalue weighted by molar-refractivity contribution is 6.30. The summed E-state index contributed by atoms with van der Waals surface area (Å²) in [4.78, 5) is 17.7. The molecule has 6 aromatic rings. The van der Waals surface area contributed by atoms with E-state index in [1.807, 2.05) is 104 Å². The first-order valence-electron chi connectivity index (χ1n) is 11.7. The van der Waals surface area contributed by atoms with Crippen LogP contribution in [0.5, 0.6) is 0 Å². The molecule has 0 amide bonds. The molecule has 2 aromatic heterocycles. The second kappa shape index (κ2) is 9.33. The van der Waals surface area contributed by atoms with Crippen LogP contribution in [-0.2, 0) is 0 Å². The zero-order valence-corrected chi connectivity index (χ0v) is 20.1. The molecular formula is C31H22ClN3O. The zero-order chi connectivity index (χ0) is 24.5. The summed E-state index contributed by atoms with van der Waals surface area (Å²) in [5, 5.41) is 1.70. The molecular weight excluding hydrogens is 466 g/mol. The lowest BCUT2D eigenvalue weighted by molar-refractivity contribution is 0.677. The van der Waals surface area contributed by atoms with Gasteiger partial charge in [0, 0.05) is 34.6 Å². The van der Waals surface area contributed by atoms with Crippen molar-refractivity contribution < 1.29 is 0 Å². The highest BCUT2D eigenvalue weighted by Gasteiger charge is 2.19. The maximum Gasteiger partial charge on any atom is 0.256 e. The van der Waals surface area contributed by atoms with Crippen molar-refractivity contribution in [2.75, 3.05) is 0 Å². The molecule has 0 aliphatic heterocycles. The molecule has 1 atom stereocenters. The van der Waals surface area contributed by atoms with Gasteiger partial charge in [-0.25, -0.2) is 4.98 Å². The molecule has 0 aliphatic rings. The van der Waals surface area contributed by atoms with Crippen LogP contribution in [0.4, 0.5) is 0 Å². The molecule has 174 valence electrons. The standard InChI is InChI=1S/C31H22ClN3O/c32-25-14-11-23(12-15-25)31(34-18-17-33-21-34)24-13-16-29-28(19-24)27(22-7-3-1-4-8-22)20-30(36)35(29)26-9-5-2-6-10-26/h1-21,31H. The number of rotatable bonds is 5. The van der Waals surface area contributed by atoms with Crippen LogP contribution in [0.2, 0.25) is 5.02 Å². The van der Waals surface area contributed by atoms with Gasteiger partial charge in [-0.3, -0.25) is 9.36 Å². The van der Waals surface area contributed by atoms with Crippen molar-refractivity contribution in [3.8, 4) is 16.8 Å². The van der Waals surface area contributed by atoms with Crippen LogP contribution >= 0.6 is 11.6 Å². The molecule has 0 N–H and O–H groups in total. The lowest BCUT2D eigenvalue weighted by atomic mass is 9.94. The first-order chi connectivity index (χ1) is 17.7. The van der Waals surface area contributed by atoms with Gasteiger partial charge in [0.2, 0.25) is 0 Å². The van der Waals surface area contributed by atoms with Crippen LogP contribution in [0.25, 0.3) is 27.7 Å². The second-order valence-electron chi connectivity index (χ2n) is 8.67. The zero-order valence-electron chi connectivity index (χ0n) is 19.3. The third kappa shape index (κ3) is 4.02. The van der Waals surface area contributed by atoms with E-state index in [1.54, 1.807) is 16.8 Å². The monoisotopic (exact) mass is 487 g/mol. The van der Waals surface area contributed by atoms with E-state index in [9.17, 15) is 4.79 Å². The molecule has 0 bridgehead atoms. The lowest BCUT2D eigenvalue weighted by Crippen LogP contribution is -2.19. The third-order valence-corrected chi connectivity index (χ3v) is 6.72. The summed E-state index contributed by atoms with van der Waals surface area (Å²) in [5.74, 6) is 0. The van der Waals surface area contributed by atoms with Crippen molar-refractivity contribution in [1.82, 2.24) is 14.1 Å². The number of aromatic nitrogens is 3. The molecule has 0 spiro atoms. The number of nitrogens with zero attached hydrogens (tertiary/aromatic N) is 3. The van der Waals surface area contributed by atoms with Crippen molar-refractivity contribution in [1.29, 1.82) is 0 Å². The number of hydrogen-bond donors (Lipinski definition) is 0. The van der Waals surface area contributed by atoms with E-state index in [2.05, 4.69) is 21.7 Å². The summed E-state index contributed by atoms with van der Waals surface area (Å²) in [6.07, 6.45) is 5.57. The summed E-state index contributed by atoms with van der Waals surface area (Å²) in [6, 6.07) is 35.7. The number of para-hydroxylation sites is 1. The molecule has 2 heterocycles. The minimum atomic E-state index is -0.102. The topological polar surface area (TPSA) is 39.8 Å². The largest absolute Gasteiger partial charge is 0.326 e. The Morgan fingerprint density at radius 3 is 2.14 bits per heavy atom. The van der Waals surface area contributed by atoms with Crippen molar-refractivity contribution >= 4 is 22.5 Å². The smallest absolute Gasteiger partial charge is 0.256 e. The Hall–Kier alpha value is -4.41. The summed E-state index contributed by atoms with van der Waals surface area (Å²) in [5.41, 5.74) is 5.71. The predicted octanol–water partition coefficient (Wildman–Crippen LogP) is 7.15. The van der Waals surface area contributed by atoms with Crippen LogP contribution in [0.1, 0.15) is 17.2 Å². The average molecular weight is 488 g/mol. The third-order valence-electron chi connectivity index (χ3n) is 6.46. The van der Waals surface area contributed by atoms with Gasteiger partial charge in [-0.05, 0) is 58.7 Å². The molecule has 0 aliphatic carbocycles. The summed E-state index contributed by atoms with van der Waals surface area (Å²) in [7, 11) is 0. The van der Waals surface area contributed by atoms with Gasteiger partial charge < -0.3 is 4.57 Å². The number of hydrogen-bond acceptors (Lipinski definition) is 2. The molecule has 1 unspecified atom stereocenters. The fraction of sp³-hybridized carbons (Fsp3) is 0.0323. The molecule has 36 heavy (non-hydrogen) atoms. The van der Waals surface area contributed by atoms with Crippen molar-refractivity contribution in [3.05, 3.63) is 154 Å². The molecule has 4 aromatic carbocycles. The molecule has 6 rings (SSSR count). The lowest BCUT2D eigenvalue weighted by Gasteiger charge is -2.22. The van der Waals surface area contributed by atoms with Crippen molar-refractivity contribution in [3.63, 3.8) is 0 Å². The van der Waals surface area contributed by atoms with E-state index in [0.717, 1.165) is 38.8 Å². The van der Waals surface area contributed by atoms with E-state index in [0.29, 0.717) is 5.02 Å². The normalized spacial score (nSPS) is 12.0. The van der Waals surface area contributed by atoms with Gasteiger partial charge in [-0.1, -0.05) is 78.3 Å². The fourth-order valence-corrected chi connectivity index (χ4v) is 4.95. The Kier molecular flexibility index (Phi) is 5.72. The van der Waals surface area contributed by atoms with Crippen LogP contribution < -0.4 is 5.56 Å². The highest BCUT2D eigenvalue weighted by atomic mass is 35.5. The van der Waals surface area contributed by atoms with Crippen LogP contribution in [0, 0.1) is 0 Å². The van der Waals surface area contributed by atoms with E-state index >= 15 is 0 Å². The maximum absolute atomic E-state index is 13.4. The van der Waals surface area contributed by atoms with Gasteiger partial charge in [0.05, 0.1) is 17.9 Å². The van der Waals surface area contributed by atoms with Gasteiger partial charge >= 0.3 is 0 Å². The Morgan fingerprint density at radius 2 is 1.44 bits per heavy atom. The summed E-state index contributed by atoms with van der Waals surface area (Å²) in [6.45, 7) is 0. The van der Waals surface area contributed by atoms with E-state index in [-0.39, 0.29) is 11.6 Å². The molecule has 0 fully saturated rings.